The molecular weight excluding hydrogens is 314 g/mol. The van der Waals surface area contributed by atoms with Gasteiger partial charge in [0.1, 0.15) is 5.69 Å². The third-order valence-corrected chi connectivity index (χ3v) is 4.59. The van der Waals surface area contributed by atoms with E-state index in [0.717, 1.165) is 28.2 Å². The fraction of sp³-hybridized carbons (Fsp3) is 0.316. The summed E-state index contributed by atoms with van der Waals surface area (Å²) in [6, 6.07) is 9.88. The van der Waals surface area contributed by atoms with Gasteiger partial charge in [0.15, 0.2) is 0 Å². The molecule has 6 nitrogen and oxygen atoms in total. The summed E-state index contributed by atoms with van der Waals surface area (Å²) in [5.74, 6) is -0.0822. The van der Waals surface area contributed by atoms with Crippen LogP contribution in [0.5, 0.6) is 0 Å². The summed E-state index contributed by atoms with van der Waals surface area (Å²) in [7, 11) is 3.70. The van der Waals surface area contributed by atoms with E-state index in [0.29, 0.717) is 12.2 Å². The molecule has 0 unspecified atom stereocenters. The summed E-state index contributed by atoms with van der Waals surface area (Å²) < 4.78 is 1.82. The zero-order valence-corrected chi connectivity index (χ0v) is 15.3. The average Bonchev–Trinajstić information content (AvgIpc) is 3.14. The minimum Gasteiger partial charge on any atom is -0.336 e. The Morgan fingerprint density at radius 1 is 1.24 bits per heavy atom. The molecule has 130 valence electrons. The van der Waals surface area contributed by atoms with E-state index < -0.39 is 0 Å². The largest absolute Gasteiger partial charge is 0.336 e. The molecule has 6 heteroatoms. The lowest BCUT2D eigenvalue weighted by Crippen LogP contribution is -2.26. The molecule has 25 heavy (non-hydrogen) atoms. The Hall–Kier alpha value is -2.89. The van der Waals surface area contributed by atoms with Gasteiger partial charge < -0.3 is 4.90 Å². The quantitative estimate of drug-likeness (QED) is 0.796. The highest BCUT2D eigenvalue weighted by Crippen LogP contribution is 2.25. The Balaban J connectivity index is 1.82. The van der Waals surface area contributed by atoms with Gasteiger partial charge in [-0.25, -0.2) is 0 Å². The highest BCUT2D eigenvalue weighted by molar-refractivity contribution is 5.93. The SMILES string of the molecule is Cc1ccccc1CN(C)C(=O)c1cc(-c2c(C)nn(C)c2C)n[nH]1. The number of rotatable bonds is 4. The van der Waals surface area contributed by atoms with Crippen LogP contribution in [0.3, 0.4) is 0 Å². The van der Waals surface area contributed by atoms with Crippen LogP contribution < -0.4 is 0 Å². The van der Waals surface area contributed by atoms with Crippen LogP contribution in [0.4, 0.5) is 0 Å². The smallest absolute Gasteiger partial charge is 0.271 e. The van der Waals surface area contributed by atoms with Crippen molar-refractivity contribution in [1.82, 2.24) is 24.9 Å². The van der Waals surface area contributed by atoms with Crippen molar-refractivity contribution in [3.63, 3.8) is 0 Å². The number of amides is 1. The number of aromatic amines is 1. The Morgan fingerprint density at radius 3 is 2.60 bits per heavy atom. The zero-order valence-electron chi connectivity index (χ0n) is 15.3. The van der Waals surface area contributed by atoms with Gasteiger partial charge in [0.05, 0.1) is 11.4 Å². The van der Waals surface area contributed by atoms with Gasteiger partial charge >= 0.3 is 0 Å². The van der Waals surface area contributed by atoms with Crippen molar-refractivity contribution in [2.24, 2.45) is 7.05 Å². The van der Waals surface area contributed by atoms with Gasteiger partial charge in [-0.2, -0.15) is 10.2 Å². The number of hydrogen-bond acceptors (Lipinski definition) is 3. The van der Waals surface area contributed by atoms with Gasteiger partial charge in [-0.15, -0.1) is 0 Å². The number of H-pyrrole nitrogens is 1. The van der Waals surface area contributed by atoms with Gasteiger partial charge in [0, 0.05) is 31.9 Å². The van der Waals surface area contributed by atoms with E-state index in [4.69, 9.17) is 0 Å². The summed E-state index contributed by atoms with van der Waals surface area (Å²) in [5, 5.41) is 11.6. The van der Waals surface area contributed by atoms with Crippen molar-refractivity contribution in [3.8, 4) is 11.3 Å². The van der Waals surface area contributed by atoms with Gasteiger partial charge in [0.2, 0.25) is 0 Å². The van der Waals surface area contributed by atoms with Crippen molar-refractivity contribution in [2.75, 3.05) is 7.05 Å². The molecule has 2 heterocycles. The molecule has 0 radical (unpaired) electrons. The van der Waals surface area contributed by atoms with Crippen LogP contribution in [0, 0.1) is 20.8 Å². The predicted molar refractivity (Wildman–Crippen MR) is 97.2 cm³/mol. The van der Waals surface area contributed by atoms with Crippen LogP contribution in [-0.4, -0.2) is 37.8 Å². The van der Waals surface area contributed by atoms with Crippen LogP contribution in [0.2, 0.25) is 0 Å². The number of carbonyl (C=O) groups excluding carboxylic acids is 1. The van der Waals surface area contributed by atoms with E-state index >= 15 is 0 Å². The summed E-state index contributed by atoms with van der Waals surface area (Å²) in [6.07, 6.45) is 0. The zero-order chi connectivity index (χ0) is 18.1. The molecule has 3 aromatic rings. The third kappa shape index (κ3) is 3.20. The van der Waals surface area contributed by atoms with E-state index in [-0.39, 0.29) is 5.91 Å². The molecule has 0 atom stereocenters. The standard InChI is InChI=1S/C19H23N5O/c1-12-8-6-7-9-15(12)11-23(4)19(25)17-10-16(20-21-17)18-13(2)22-24(5)14(18)3/h6-10H,11H2,1-5H3,(H,20,21). The number of hydrogen-bond donors (Lipinski definition) is 1. The normalized spacial score (nSPS) is 10.9. The van der Waals surface area contributed by atoms with Crippen molar-refractivity contribution in [2.45, 2.75) is 27.3 Å². The number of benzene rings is 1. The molecule has 1 N–H and O–H groups in total. The first kappa shape index (κ1) is 17.0. The second-order valence-electron chi connectivity index (χ2n) is 6.42. The van der Waals surface area contributed by atoms with Gasteiger partial charge in [0.25, 0.3) is 5.91 Å². The minimum absolute atomic E-state index is 0.0822. The van der Waals surface area contributed by atoms with Crippen molar-refractivity contribution in [1.29, 1.82) is 0 Å². The van der Waals surface area contributed by atoms with Crippen LogP contribution >= 0.6 is 0 Å². The second-order valence-corrected chi connectivity index (χ2v) is 6.42. The van der Waals surface area contributed by atoms with E-state index in [1.165, 1.54) is 5.56 Å². The lowest BCUT2D eigenvalue weighted by molar-refractivity contribution is 0.0779. The van der Waals surface area contributed by atoms with Crippen molar-refractivity contribution >= 4 is 5.91 Å². The topological polar surface area (TPSA) is 66.8 Å². The number of aryl methyl sites for hydroxylation is 3. The Kier molecular flexibility index (Phi) is 4.44. The number of aromatic nitrogens is 4. The second kappa shape index (κ2) is 6.55. The minimum atomic E-state index is -0.0822. The van der Waals surface area contributed by atoms with E-state index in [1.54, 1.807) is 18.0 Å². The Labute approximate surface area is 147 Å². The first-order valence-electron chi connectivity index (χ1n) is 8.24. The van der Waals surface area contributed by atoms with Gasteiger partial charge in [-0.05, 0) is 38.0 Å². The van der Waals surface area contributed by atoms with Crippen LogP contribution in [-0.2, 0) is 13.6 Å². The predicted octanol–water partition coefficient (Wildman–Crippen LogP) is 3.01. The molecule has 1 amide bonds. The molecule has 0 aliphatic heterocycles. The molecule has 0 saturated heterocycles. The Morgan fingerprint density at radius 2 is 1.96 bits per heavy atom. The van der Waals surface area contributed by atoms with Crippen molar-refractivity contribution in [3.05, 3.63) is 58.5 Å². The molecule has 0 fully saturated rings. The highest BCUT2D eigenvalue weighted by Gasteiger charge is 2.19. The number of carbonyl (C=O) groups is 1. The molecule has 0 bridgehead atoms. The molecule has 0 aliphatic carbocycles. The third-order valence-electron chi connectivity index (χ3n) is 4.59. The first-order valence-corrected chi connectivity index (χ1v) is 8.24. The maximum Gasteiger partial charge on any atom is 0.271 e. The average molecular weight is 337 g/mol. The van der Waals surface area contributed by atoms with Crippen LogP contribution in [0.15, 0.2) is 30.3 Å². The molecule has 0 spiro atoms. The van der Waals surface area contributed by atoms with E-state index in [1.807, 2.05) is 43.8 Å². The summed E-state index contributed by atoms with van der Waals surface area (Å²) >= 11 is 0. The maximum absolute atomic E-state index is 12.7. The molecule has 1 aromatic carbocycles. The molecule has 2 aromatic heterocycles. The van der Waals surface area contributed by atoms with Crippen LogP contribution in [0.25, 0.3) is 11.3 Å². The lowest BCUT2D eigenvalue weighted by Gasteiger charge is -2.17. The van der Waals surface area contributed by atoms with E-state index in [9.17, 15) is 4.79 Å². The maximum atomic E-state index is 12.7. The summed E-state index contributed by atoms with van der Waals surface area (Å²) in [6.45, 7) is 6.55. The van der Waals surface area contributed by atoms with Crippen molar-refractivity contribution < 1.29 is 4.79 Å². The molecule has 0 aliphatic rings. The fourth-order valence-corrected chi connectivity index (χ4v) is 3.02. The van der Waals surface area contributed by atoms with Crippen LogP contribution in [0.1, 0.15) is 33.0 Å². The fourth-order valence-electron chi connectivity index (χ4n) is 3.02. The number of nitrogens with zero attached hydrogens (tertiary/aromatic N) is 4. The highest BCUT2D eigenvalue weighted by atomic mass is 16.2. The Bertz CT molecular complexity index is 922. The van der Waals surface area contributed by atoms with Gasteiger partial charge in [-0.1, -0.05) is 24.3 Å². The summed E-state index contributed by atoms with van der Waals surface area (Å²) in [5.41, 5.74) is 6.44. The van der Waals surface area contributed by atoms with Gasteiger partial charge in [-0.3, -0.25) is 14.6 Å². The molecular formula is C19H23N5O. The van der Waals surface area contributed by atoms with E-state index in [2.05, 4.69) is 28.3 Å². The lowest BCUT2D eigenvalue weighted by atomic mass is 10.1. The monoisotopic (exact) mass is 337 g/mol. The molecule has 0 saturated carbocycles. The molecule has 3 rings (SSSR count). The first-order chi connectivity index (χ1) is 11.9. The summed E-state index contributed by atoms with van der Waals surface area (Å²) in [4.78, 5) is 14.4. The number of nitrogens with one attached hydrogen (secondary N) is 1.